The van der Waals surface area contributed by atoms with Crippen LogP contribution in [0.3, 0.4) is 0 Å². The van der Waals surface area contributed by atoms with Crippen LogP contribution in [0.15, 0.2) is 0 Å². The van der Waals surface area contributed by atoms with Gasteiger partial charge in [-0.3, -0.25) is 4.52 Å². The van der Waals surface area contributed by atoms with E-state index in [0.29, 0.717) is 0 Å². The second kappa shape index (κ2) is 3.34. The highest BCUT2D eigenvalue weighted by atomic mass is 31.2. The molecule has 0 heterocycles. The van der Waals surface area contributed by atoms with Gasteiger partial charge in [0, 0.05) is 7.11 Å². The molecular formula is CH9O4PSi. The van der Waals surface area contributed by atoms with Crippen molar-refractivity contribution < 1.29 is 18.9 Å². The molecule has 7 heavy (non-hydrogen) atoms. The summed E-state index contributed by atoms with van der Waals surface area (Å²) in [7, 11) is -3.20. The van der Waals surface area contributed by atoms with Gasteiger partial charge in [0.05, 0.1) is 0 Å². The molecule has 0 unspecified atom stereocenters. The molecule has 4 nitrogen and oxygen atoms in total. The van der Waals surface area contributed by atoms with Crippen molar-refractivity contribution >= 4 is 18.8 Å². The van der Waals surface area contributed by atoms with Crippen molar-refractivity contribution in [3.8, 4) is 0 Å². The van der Waals surface area contributed by atoms with E-state index in [1.165, 1.54) is 0 Å². The molecule has 0 aliphatic heterocycles. The Morgan fingerprint density at radius 3 is 1.71 bits per heavy atom. The fourth-order valence-electron chi connectivity index (χ4n) is 0. The van der Waals surface area contributed by atoms with Crippen LogP contribution >= 0.6 is 7.82 Å². The zero-order chi connectivity index (χ0) is 5.21. The molecule has 0 fully saturated rings. The van der Waals surface area contributed by atoms with Gasteiger partial charge in [0.25, 0.3) is 0 Å². The van der Waals surface area contributed by atoms with E-state index in [-0.39, 0.29) is 11.0 Å². The third-order valence-electron chi connectivity index (χ3n) is 0.238. The third-order valence-corrected chi connectivity index (χ3v) is 0.714. The van der Waals surface area contributed by atoms with Crippen molar-refractivity contribution in [2.24, 2.45) is 0 Å². The molecule has 0 bridgehead atoms. The van der Waals surface area contributed by atoms with Crippen LogP contribution in [0.2, 0.25) is 0 Å². The fraction of sp³-hybridized carbons (Fsp3) is 1.00. The molecule has 0 atom stereocenters. The van der Waals surface area contributed by atoms with Crippen LogP contribution in [-0.2, 0) is 9.09 Å². The van der Waals surface area contributed by atoms with Crippen molar-refractivity contribution in [1.82, 2.24) is 0 Å². The van der Waals surface area contributed by atoms with Gasteiger partial charge in [-0.05, 0) is 11.0 Å². The Morgan fingerprint density at radius 1 is 1.57 bits per heavy atom. The van der Waals surface area contributed by atoms with Crippen LogP contribution in [0.4, 0.5) is 0 Å². The first-order chi connectivity index (χ1) is 2.56. The van der Waals surface area contributed by atoms with Gasteiger partial charge < -0.3 is 9.79 Å². The quantitative estimate of drug-likeness (QED) is 0.339. The lowest BCUT2D eigenvalue weighted by molar-refractivity contribution is 0.235. The molecule has 0 aliphatic carbocycles. The predicted molar refractivity (Wildman–Crippen MR) is 30.4 cm³/mol. The first-order valence-electron chi connectivity index (χ1n) is 1.17. The maximum absolute atomic E-state index is 9.47. The molecule has 0 aromatic rings. The largest absolute Gasteiger partial charge is 0.469 e. The van der Waals surface area contributed by atoms with Crippen LogP contribution in [0, 0.1) is 0 Å². The molecule has 0 saturated heterocycles. The summed E-state index contributed by atoms with van der Waals surface area (Å²) < 4.78 is 13.1. The minimum atomic E-state index is -4.15. The molecule has 0 aromatic heterocycles. The monoisotopic (exact) mass is 144 g/mol. The molecule has 0 rings (SSSR count). The van der Waals surface area contributed by atoms with E-state index in [9.17, 15) is 4.57 Å². The molecule has 6 heteroatoms. The highest BCUT2D eigenvalue weighted by Gasteiger charge is 2.07. The summed E-state index contributed by atoms with van der Waals surface area (Å²) in [6.45, 7) is 0. The van der Waals surface area contributed by atoms with Gasteiger partial charge >= 0.3 is 7.82 Å². The number of phosphoric acid groups is 1. The van der Waals surface area contributed by atoms with Crippen LogP contribution in [-0.4, -0.2) is 27.9 Å². The number of hydrogen-bond acceptors (Lipinski definition) is 2. The van der Waals surface area contributed by atoms with E-state index >= 15 is 0 Å². The molecule has 2 N–H and O–H groups in total. The van der Waals surface area contributed by atoms with Gasteiger partial charge in [-0.1, -0.05) is 0 Å². The lowest BCUT2D eigenvalue weighted by Gasteiger charge is -1.93. The van der Waals surface area contributed by atoms with E-state index in [1.54, 1.807) is 0 Å². The molecule has 0 aliphatic rings. The highest BCUT2D eigenvalue weighted by molar-refractivity contribution is 7.46. The standard InChI is InChI=1S/CH5O4P.H4Si/c1-5-6(2,3)4;/h1H3,(H2,2,3,4);1H4. The maximum Gasteiger partial charge on any atom is 0.469 e. The SMILES string of the molecule is COP(=O)(O)O.[SiH4]. The van der Waals surface area contributed by atoms with E-state index in [0.717, 1.165) is 7.11 Å². The first kappa shape index (κ1) is 10.3. The van der Waals surface area contributed by atoms with Gasteiger partial charge in [-0.2, -0.15) is 0 Å². The minimum absolute atomic E-state index is 0. The second-order valence-electron chi connectivity index (χ2n) is 0.673. The molecule has 0 spiro atoms. The molecular weight excluding hydrogens is 135 g/mol. The summed E-state index contributed by atoms with van der Waals surface area (Å²) in [4.78, 5) is 15.4. The first-order valence-corrected chi connectivity index (χ1v) is 2.70. The summed E-state index contributed by atoms with van der Waals surface area (Å²) in [6, 6.07) is 0. The van der Waals surface area contributed by atoms with Gasteiger partial charge in [-0.15, -0.1) is 0 Å². The summed E-state index contributed by atoms with van der Waals surface area (Å²) >= 11 is 0. The van der Waals surface area contributed by atoms with Gasteiger partial charge in [0.2, 0.25) is 0 Å². The lowest BCUT2D eigenvalue weighted by atomic mass is 11.8. The van der Waals surface area contributed by atoms with Crippen molar-refractivity contribution in [3.63, 3.8) is 0 Å². The predicted octanol–water partition coefficient (Wildman–Crippen LogP) is -1.73. The lowest BCUT2D eigenvalue weighted by Crippen LogP contribution is -1.76. The molecule has 46 valence electrons. The van der Waals surface area contributed by atoms with Crippen LogP contribution in [0.1, 0.15) is 0 Å². The second-order valence-corrected chi connectivity index (χ2v) is 2.02. The summed E-state index contributed by atoms with van der Waals surface area (Å²) in [5.41, 5.74) is 0. The Labute approximate surface area is 45.8 Å². The summed E-state index contributed by atoms with van der Waals surface area (Å²) in [5, 5.41) is 0. The van der Waals surface area contributed by atoms with Crippen molar-refractivity contribution in [2.45, 2.75) is 0 Å². The Bertz CT molecular complexity index is 75.8. The Kier molecular flexibility index (Phi) is 4.94. The molecule has 0 saturated carbocycles. The molecule has 0 amide bonds. The molecule has 0 aromatic carbocycles. The Morgan fingerprint density at radius 2 is 1.71 bits per heavy atom. The van der Waals surface area contributed by atoms with Crippen molar-refractivity contribution in [1.29, 1.82) is 0 Å². The Balaban J connectivity index is 0. The van der Waals surface area contributed by atoms with Gasteiger partial charge in [0.15, 0.2) is 0 Å². The number of rotatable bonds is 1. The maximum atomic E-state index is 9.47. The average Bonchev–Trinajstić information content (AvgIpc) is 1.35. The van der Waals surface area contributed by atoms with Gasteiger partial charge in [-0.25, -0.2) is 4.57 Å². The van der Waals surface area contributed by atoms with E-state index in [4.69, 9.17) is 9.79 Å². The number of hydrogen-bond donors (Lipinski definition) is 2. The van der Waals surface area contributed by atoms with E-state index in [1.807, 2.05) is 0 Å². The number of phosphoric ester groups is 1. The van der Waals surface area contributed by atoms with E-state index < -0.39 is 7.82 Å². The van der Waals surface area contributed by atoms with Crippen molar-refractivity contribution in [3.05, 3.63) is 0 Å². The van der Waals surface area contributed by atoms with E-state index in [2.05, 4.69) is 4.52 Å². The highest BCUT2D eigenvalue weighted by Crippen LogP contribution is 2.33. The average molecular weight is 144 g/mol. The topological polar surface area (TPSA) is 66.8 Å². The van der Waals surface area contributed by atoms with Crippen LogP contribution in [0.25, 0.3) is 0 Å². The van der Waals surface area contributed by atoms with Crippen molar-refractivity contribution in [2.75, 3.05) is 7.11 Å². The van der Waals surface area contributed by atoms with Crippen LogP contribution < -0.4 is 0 Å². The summed E-state index contributed by atoms with van der Waals surface area (Å²) in [5.74, 6) is 0. The summed E-state index contributed by atoms with van der Waals surface area (Å²) in [6.07, 6.45) is 0. The van der Waals surface area contributed by atoms with Gasteiger partial charge in [0.1, 0.15) is 0 Å². The smallest absolute Gasteiger partial charge is 0.303 e. The minimum Gasteiger partial charge on any atom is -0.303 e. The fourth-order valence-corrected chi connectivity index (χ4v) is 0. The normalized spacial score (nSPS) is 10.1. The zero-order valence-corrected chi connectivity index (χ0v) is 4.05. The Hall–Kier alpha value is 0.327. The molecule has 0 radical (unpaired) electrons. The van der Waals surface area contributed by atoms with Crippen LogP contribution in [0.5, 0.6) is 0 Å². The zero-order valence-electron chi connectivity index (χ0n) is 3.16. The third kappa shape index (κ3) is 10.7.